The molecule has 37 nitrogen and oxygen atoms in total. The van der Waals surface area contributed by atoms with Crippen molar-refractivity contribution in [3.8, 4) is 62.9 Å². The number of phenols is 3. The Morgan fingerprint density at radius 2 is 1.26 bits per heavy atom. The molecule has 0 spiro atoms. The number of carbonyl (C=O) groups is 8. The maximum Gasteiger partial charge on any atom is 0.330 e. The van der Waals surface area contributed by atoms with Gasteiger partial charge in [-0.3, -0.25) is 33.6 Å². The first kappa shape index (κ1) is 96.8. The summed E-state index contributed by atoms with van der Waals surface area (Å²) in [5.41, 5.74) is 7.84. The lowest BCUT2D eigenvalue weighted by atomic mass is 9.84. The van der Waals surface area contributed by atoms with Crippen LogP contribution in [0.15, 0.2) is 103 Å². The fourth-order valence-electron chi connectivity index (χ4n) is 16.7. The predicted octanol–water partition coefficient (Wildman–Crippen LogP) is 5.30. The number of carboxylic acids is 1. The standard InChI is InChI=1S/C89H112Cl2N10O27/c1-9-10-11-12-13-14-15-26-120-49-21-16-43(17-22-49)38-95-89(7)37-65(122-42(5)79(89)111)127-77-74(109)73(108)62(39-102)125-87(77)128-76-60-31-47-32-61(76)124-59-25-20-46(30-53(59)91)75(126-64-36-88(6,93)78(110)41(4)121-64)71-85(117)99-69(86(118)119)51-33-48(103)34-57(105)66(51)50-28-44(18-23-56(50)104)67(82(114)101-71)98-83(115)68(47)97-81(113)55(35-63(92)106)96-84(116)70(100-80(112)54(94-8)27-40(2)3)72(107)45-19-24-58(123-60)52(90)29-45/h16-25,28-34,40-42,54-55,62,64-65,67-75,77-79,87,94-95,102-105,107-111H,9-15,26-27,35-39,93H2,1-8H3,(H2,92,106)(H,96,116)(H,97,113)(H,98,115)(H,99,117)(H,100,112)(H,101,114)(H,118,119)/t41-,42-,54+,55-,62+,64-,65-,67+,68+,69-,70+,71-,72+,73+,74-,75+,77+,78-,79-,87-,88-,89-/m0/s1. The first-order chi connectivity index (χ1) is 60.8. The van der Waals surface area contributed by atoms with Gasteiger partial charge >= 0.3 is 5.97 Å². The monoisotopic (exact) mass is 1820 g/mol. The summed E-state index contributed by atoms with van der Waals surface area (Å²) < 4.78 is 59.1. The molecule has 8 heterocycles. The average Bonchev–Trinajstić information content (AvgIpc) is 0.771. The van der Waals surface area contributed by atoms with E-state index in [0.717, 1.165) is 73.4 Å². The van der Waals surface area contributed by atoms with E-state index >= 15 is 24.0 Å². The number of fused-ring (bicyclic) bond motifs is 15. The maximum absolute atomic E-state index is 16.6. The lowest BCUT2D eigenvalue weighted by Gasteiger charge is -2.48. The highest BCUT2D eigenvalue weighted by Crippen LogP contribution is 2.51. The van der Waals surface area contributed by atoms with Gasteiger partial charge in [0.15, 0.2) is 36.2 Å². The molecule has 8 aliphatic rings. The summed E-state index contributed by atoms with van der Waals surface area (Å²) in [4.78, 5) is 121. The minimum atomic E-state index is -2.39. The van der Waals surface area contributed by atoms with Crippen LogP contribution >= 0.6 is 23.2 Å². The molecule has 0 saturated carbocycles. The van der Waals surface area contributed by atoms with Crippen LogP contribution in [0.4, 0.5) is 0 Å². The Morgan fingerprint density at radius 1 is 0.648 bits per heavy atom. The molecule has 3 fully saturated rings. The summed E-state index contributed by atoms with van der Waals surface area (Å²) >= 11 is 14.7. The third-order valence-corrected chi connectivity index (χ3v) is 24.3. The van der Waals surface area contributed by atoms with Gasteiger partial charge in [-0.2, -0.15) is 0 Å². The van der Waals surface area contributed by atoms with Crippen molar-refractivity contribution in [1.82, 2.24) is 42.5 Å². The van der Waals surface area contributed by atoms with E-state index in [2.05, 4.69) is 49.5 Å². The molecular formula is C89H112Cl2N10O27. The Hall–Kier alpha value is -10.3. The Kier molecular flexibility index (Phi) is 31.5. The number of benzene rings is 6. The smallest absolute Gasteiger partial charge is 0.330 e. The number of hydrogen-bond donors (Lipinski definition) is 20. The Balaban J connectivity index is 1.04. The first-order valence-electron chi connectivity index (χ1n) is 42.5. The van der Waals surface area contributed by atoms with Gasteiger partial charge < -0.3 is 148 Å². The lowest BCUT2D eigenvalue weighted by molar-refractivity contribution is -0.334. The zero-order valence-electron chi connectivity index (χ0n) is 71.7. The number of amides is 7. The number of likely N-dealkylation sites (N-methyl/N-ethyl adjacent to an activating group) is 1. The second kappa shape index (κ2) is 41.6. The van der Waals surface area contributed by atoms with E-state index in [1.165, 1.54) is 76.9 Å². The molecule has 6 aromatic carbocycles. The zero-order valence-corrected chi connectivity index (χ0v) is 73.2. The third-order valence-electron chi connectivity index (χ3n) is 23.7. The number of nitrogens with two attached hydrogens (primary N) is 2. The SMILES string of the molecule is CCCCCCCCCOc1ccc(CN[C@@]2(C)C[C@H](O[C@H]3[C@H](Oc4c5cc6cc4Oc4ccc(cc4Cl)[C@@H](O[C@H]4C[C@](C)(N)[C@@H](O)[C@H](C)O4)[C@@H]4NC(=O)[C@H](NC(=O)[C@@H]6NC(=O)[C@H](CC(N)=O)NC(=O)[C@H](NC(=O)[C@@H](CC(C)C)NC)[C@H](O)c6ccc(c(Cl)c6)O5)c5ccc(O)c(c5)-c5c(O)cc(O)cc5[C@@H](C(=O)O)NC4=O)O[C@H](CO)[C@@H](O)[C@@H]3O)O[C@@H](C)[C@@H]2O)cc1. The van der Waals surface area contributed by atoms with E-state index in [1.54, 1.807) is 13.8 Å². The van der Waals surface area contributed by atoms with Crippen molar-refractivity contribution in [3.63, 3.8) is 0 Å². The number of carbonyl (C=O) groups excluding carboxylic acids is 7. The van der Waals surface area contributed by atoms with Crippen LogP contribution in [0.25, 0.3) is 11.1 Å². The number of carboxylic acid groups (broad SMARTS) is 1. The van der Waals surface area contributed by atoms with Crippen molar-refractivity contribution in [3.05, 3.63) is 147 Å². The maximum atomic E-state index is 16.6. The molecule has 7 amide bonds. The van der Waals surface area contributed by atoms with E-state index in [9.17, 15) is 65.4 Å². The highest BCUT2D eigenvalue weighted by Gasteiger charge is 2.53. The fraction of sp³-hybridized carbons (Fsp3) is 0.506. The van der Waals surface area contributed by atoms with Crippen molar-refractivity contribution in [2.24, 2.45) is 17.4 Å². The van der Waals surface area contributed by atoms with Gasteiger partial charge in [0.05, 0.1) is 60.1 Å². The molecule has 0 aliphatic carbocycles. The Morgan fingerprint density at radius 3 is 1.88 bits per heavy atom. The van der Waals surface area contributed by atoms with Gasteiger partial charge in [0.1, 0.15) is 95.2 Å². The van der Waals surface area contributed by atoms with Gasteiger partial charge in [-0.15, -0.1) is 0 Å². The fourth-order valence-corrected chi connectivity index (χ4v) is 17.1. The second-order valence-corrected chi connectivity index (χ2v) is 34.9. The van der Waals surface area contributed by atoms with E-state index in [4.69, 9.17) is 77.3 Å². The number of aromatic hydroxyl groups is 3. The molecule has 694 valence electrons. The molecule has 0 unspecified atom stereocenters. The average molecular weight is 1820 g/mol. The number of halogens is 2. The van der Waals surface area contributed by atoms with E-state index in [0.29, 0.717) is 12.4 Å². The molecule has 8 aliphatic heterocycles. The van der Waals surface area contributed by atoms with Gasteiger partial charge in [-0.1, -0.05) is 113 Å². The molecule has 3 saturated heterocycles. The lowest BCUT2D eigenvalue weighted by Crippen LogP contribution is -2.65. The Labute approximate surface area is 747 Å². The zero-order chi connectivity index (χ0) is 92.7. The minimum absolute atomic E-state index is 0.117. The van der Waals surface area contributed by atoms with Crippen LogP contribution in [-0.2, 0) is 68.6 Å². The summed E-state index contributed by atoms with van der Waals surface area (Å²) in [5, 5.41) is 138. The van der Waals surface area contributed by atoms with Crippen molar-refractivity contribution >= 4 is 70.5 Å². The molecule has 128 heavy (non-hydrogen) atoms. The summed E-state index contributed by atoms with van der Waals surface area (Å²) in [7, 11) is 1.48. The third kappa shape index (κ3) is 22.4. The van der Waals surface area contributed by atoms with Crippen LogP contribution in [0.1, 0.15) is 183 Å². The van der Waals surface area contributed by atoms with E-state index in [-0.39, 0.29) is 59.2 Å². The number of aliphatic hydroxyl groups excluding tert-OH is 6. The van der Waals surface area contributed by atoms with Crippen molar-refractivity contribution in [2.75, 3.05) is 20.3 Å². The van der Waals surface area contributed by atoms with Gasteiger partial charge in [-0.25, -0.2) is 4.79 Å². The summed E-state index contributed by atoms with van der Waals surface area (Å²) in [6, 6.07) is 7.12. The number of rotatable bonds is 27. The number of primary amides is 1. The van der Waals surface area contributed by atoms with Crippen LogP contribution in [0.5, 0.6) is 51.7 Å². The molecular weight excluding hydrogens is 1710 g/mol. The highest BCUT2D eigenvalue weighted by molar-refractivity contribution is 6.32. The van der Waals surface area contributed by atoms with Crippen molar-refractivity contribution in [1.29, 1.82) is 0 Å². The van der Waals surface area contributed by atoms with Gasteiger partial charge in [-0.05, 0) is 148 Å². The van der Waals surface area contributed by atoms with Gasteiger partial charge in [0.25, 0.3) is 0 Å². The van der Waals surface area contributed by atoms with Crippen LogP contribution in [0, 0.1) is 5.92 Å². The first-order valence-corrected chi connectivity index (χ1v) is 43.3. The minimum Gasteiger partial charge on any atom is -0.508 e. The molecule has 0 aromatic heterocycles. The molecule has 22 atom stereocenters. The number of unbranched alkanes of at least 4 members (excludes halogenated alkanes) is 6. The van der Waals surface area contributed by atoms with Crippen LogP contribution < -0.4 is 72.9 Å². The normalized spacial score (nSPS) is 29.3. The van der Waals surface area contributed by atoms with Crippen molar-refractivity contribution in [2.45, 2.75) is 259 Å². The molecule has 14 rings (SSSR count). The van der Waals surface area contributed by atoms with Crippen molar-refractivity contribution < 1.29 is 132 Å². The van der Waals surface area contributed by atoms with E-state index in [1.807, 2.05) is 38.1 Å². The highest BCUT2D eigenvalue weighted by atomic mass is 35.5. The summed E-state index contributed by atoms with van der Waals surface area (Å²) in [6.07, 6.45) is -15.0. The number of phenolic OH excluding ortho intramolecular Hbond substituents is 3. The quantitative estimate of drug-likeness (QED) is 0.0291. The second-order valence-electron chi connectivity index (χ2n) is 34.1. The Bertz CT molecular complexity index is 5040. The molecule has 0 radical (unpaired) electrons. The van der Waals surface area contributed by atoms with Crippen LogP contribution in [0.3, 0.4) is 0 Å². The molecule has 22 N–H and O–H groups in total. The largest absolute Gasteiger partial charge is 0.508 e. The van der Waals surface area contributed by atoms with Crippen LogP contribution in [-0.4, -0.2) is 222 Å². The van der Waals surface area contributed by atoms with Gasteiger partial charge in [0.2, 0.25) is 53.4 Å². The van der Waals surface area contributed by atoms with Crippen LogP contribution in [0.2, 0.25) is 10.0 Å². The number of hydrogen-bond acceptors (Lipinski definition) is 29. The number of nitrogens with one attached hydrogen (secondary N) is 8. The molecule has 39 heteroatoms. The molecule has 6 aromatic rings. The molecule has 11 bridgehead atoms. The van der Waals surface area contributed by atoms with E-state index < -0.39 is 261 Å². The van der Waals surface area contributed by atoms with Gasteiger partial charge in [0, 0.05) is 53.2 Å². The number of aliphatic hydroxyl groups is 6. The summed E-state index contributed by atoms with van der Waals surface area (Å²) in [6.45, 7) is 11.8. The predicted molar refractivity (Wildman–Crippen MR) is 458 cm³/mol. The number of aliphatic carboxylic acids is 1. The number of ether oxygens (including phenoxy) is 9. The topological polar surface area (TPSA) is 570 Å². The summed E-state index contributed by atoms with van der Waals surface area (Å²) in [5.74, 6) is -15.4.